The van der Waals surface area contributed by atoms with Crippen molar-refractivity contribution in [3.8, 4) is 6.07 Å². The Morgan fingerprint density at radius 3 is 2.45 bits per heavy atom. The average Bonchev–Trinajstić information content (AvgIpc) is 2.99. The Morgan fingerprint density at radius 1 is 1.25 bits per heavy atom. The van der Waals surface area contributed by atoms with E-state index in [0.717, 1.165) is 17.7 Å². The molecular weight excluding hydrogens is 264 g/mol. The van der Waals surface area contributed by atoms with Crippen LogP contribution >= 0.6 is 11.3 Å². The molecule has 1 aromatic carbocycles. The van der Waals surface area contributed by atoms with E-state index in [1.54, 1.807) is 11.3 Å². The van der Waals surface area contributed by atoms with Crippen LogP contribution in [0.3, 0.4) is 0 Å². The molecule has 0 aliphatic heterocycles. The highest BCUT2D eigenvalue weighted by molar-refractivity contribution is 7.10. The fraction of sp³-hybridized carbons (Fsp3) is 0.353. The van der Waals surface area contributed by atoms with Gasteiger partial charge in [0.25, 0.3) is 0 Å². The number of nitrogens with zero attached hydrogens (tertiary/aromatic N) is 1. The van der Waals surface area contributed by atoms with Gasteiger partial charge in [-0.2, -0.15) is 5.26 Å². The van der Waals surface area contributed by atoms with Crippen LogP contribution in [0.1, 0.15) is 43.7 Å². The Bertz CT molecular complexity index is 576. The molecule has 0 bridgehead atoms. The molecule has 3 heteroatoms. The summed E-state index contributed by atoms with van der Waals surface area (Å²) in [4.78, 5) is 1.36. The molecule has 0 fully saturated rings. The number of nitriles is 1. The summed E-state index contributed by atoms with van der Waals surface area (Å²) in [6.07, 6.45) is 1.05. The molecule has 104 valence electrons. The van der Waals surface area contributed by atoms with E-state index in [-0.39, 0.29) is 0 Å². The minimum atomic E-state index is -0.434. The Balaban J connectivity index is 2.13. The van der Waals surface area contributed by atoms with Gasteiger partial charge in [-0.1, -0.05) is 25.1 Å². The van der Waals surface area contributed by atoms with Gasteiger partial charge in [0.05, 0.1) is 17.5 Å². The van der Waals surface area contributed by atoms with Crippen molar-refractivity contribution in [2.75, 3.05) is 5.32 Å². The lowest BCUT2D eigenvalue weighted by molar-refractivity contribution is 0.686. The molecule has 0 aliphatic carbocycles. The van der Waals surface area contributed by atoms with Crippen molar-refractivity contribution in [2.24, 2.45) is 0 Å². The Morgan fingerprint density at radius 2 is 1.95 bits per heavy atom. The minimum absolute atomic E-state index is 0.352. The summed E-state index contributed by atoms with van der Waals surface area (Å²) >= 11 is 1.78. The van der Waals surface area contributed by atoms with E-state index in [9.17, 15) is 0 Å². The molecule has 1 aromatic heterocycles. The quantitative estimate of drug-likeness (QED) is 0.828. The average molecular weight is 284 g/mol. The van der Waals surface area contributed by atoms with E-state index < -0.39 is 5.41 Å². The number of hydrogen-bond donors (Lipinski definition) is 1. The lowest BCUT2D eigenvalue weighted by Crippen LogP contribution is -2.14. The first-order valence-corrected chi connectivity index (χ1v) is 7.76. The first-order chi connectivity index (χ1) is 9.56. The molecule has 2 nitrogen and oxygen atoms in total. The number of benzene rings is 1. The zero-order valence-corrected chi connectivity index (χ0v) is 13.0. The maximum Gasteiger partial charge on any atom is 0.0766 e. The van der Waals surface area contributed by atoms with Gasteiger partial charge in [0.2, 0.25) is 0 Å². The fourth-order valence-electron chi connectivity index (χ4n) is 2.11. The van der Waals surface area contributed by atoms with E-state index in [2.05, 4.69) is 48.0 Å². The van der Waals surface area contributed by atoms with Crippen LogP contribution in [-0.4, -0.2) is 0 Å². The maximum absolute atomic E-state index is 9.16. The van der Waals surface area contributed by atoms with E-state index >= 15 is 0 Å². The zero-order valence-electron chi connectivity index (χ0n) is 12.2. The van der Waals surface area contributed by atoms with Crippen molar-refractivity contribution in [2.45, 2.75) is 38.6 Å². The molecule has 0 radical (unpaired) electrons. The van der Waals surface area contributed by atoms with Crippen LogP contribution in [0.15, 0.2) is 41.8 Å². The highest BCUT2D eigenvalue weighted by Gasteiger charge is 2.19. The van der Waals surface area contributed by atoms with Gasteiger partial charge in [-0.25, -0.2) is 0 Å². The second kappa shape index (κ2) is 6.11. The third-order valence-corrected chi connectivity index (χ3v) is 4.51. The number of anilines is 1. The second-order valence-electron chi connectivity index (χ2n) is 5.43. The molecule has 1 N–H and O–H groups in total. The number of hydrogen-bond acceptors (Lipinski definition) is 3. The number of rotatable bonds is 5. The van der Waals surface area contributed by atoms with Crippen LogP contribution in [0, 0.1) is 11.3 Å². The smallest absolute Gasteiger partial charge is 0.0766 e. The molecule has 1 unspecified atom stereocenters. The highest BCUT2D eigenvalue weighted by Crippen LogP contribution is 2.28. The van der Waals surface area contributed by atoms with Gasteiger partial charge in [-0.05, 0) is 49.4 Å². The first kappa shape index (κ1) is 14.6. The Hall–Kier alpha value is -1.79. The van der Waals surface area contributed by atoms with Crippen LogP contribution in [0.5, 0.6) is 0 Å². The van der Waals surface area contributed by atoms with Crippen LogP contribution in [0.25, 0.3) is 0 Å². The van der Waals surface area contributed by atoms with Crippen LogP contribution in [0.2, 0.25) is 0 Å². The molecule has 0 spiro atoms. The van der Waals surface area contributed by atoms with Gasteiger partial charge >= 0.3 is 0 Å². The van der Waals surface area contributed by atoms with E-state index in [4.69, 9.17) is 5.26 Å². The van der Waals surface area contributed by atoms with Crippen LogP contribution in [-0.2, 0) is 5.41 Å². The Labute approximate surface area is 125 Å². The van der Waals surface area contributed by atoms with E-state index in [0.29, 0.717) is 6.04 Å². The van der Waals surface area contributed by atoms with Crippen molar-refractivity contribution in [3.05, 3.63) is 52.2 Å². The van der Waals surface area contributed by atoms with Crippen LogP contribution < -0.4 is 5.32 Å². The predicted octanol–water partition coefficient (Wildman–Crippen LogP) is 5.11. The molecule has 0 saturated heterocycles. The lowest BCUT2D eigenvalue weighted by Gasteiger charge is -2.19. The topological polar surface area (TPSA) is 35.8 Å². The first-order valence-electron chi connectivity index (χ1n) is 6.88. The third kappa shape index (κ3) is 3.20. The summed E-state index contributed by atoms with van der Waals surface area (Å²) in [5.41, 5.74) is 1.72. The molecule has 0 saturated carbocycles. The molecule has 1 heterocycles. The van der Waals surface area contributed by atoms with Crippen molar-refractivity contribution in [1.82, 2.24) is 0 Å². The maximum atomic E-state index is 9.16. The second-order valence-corrected chi connectivity index (χ2v) is 6.41. The van der Waals surface area contributed by atoms with Crippen molar-refractivity contribution >= 4 is 17.0 Å². The van der Waals surface area contributed by atoms with Gasteiger partial charge in [0, 0.05) is 10.6 Å². The van der Waals surface area contributed by atoms with Gasteiger partial charge in [0.15, 0.2) is 0 Å². The molecule has 1 atom stereocenters. The zero-order chi connectivity index (χ0) is 14.6. The van der Waals surface area contributed by atoms with Crippen molar-refractivity contribution in [1.29, 1.82) is 5.26 Å². The molecule has 2 rings (SSSR count). The summed E-state index contributed by atoms with van der Waals surface area (Å²) in [6.45, 7) is 6.07. The van der Waals surface area contributed by atoms with Gasteiger partial charge < -0.3 is 5.32 Å². The summed E-state index contributed by atoms with van der Waals surface area (Å²) in [7, 11) is 0. The summed E-state index contributed by atoms with van der Waals surface area (Å²) < 4.78 is 0. The predicted molar refractivity (Wildman–Crippen MR) is 86.1 cm³/mol. The molecule has 0 aliphatic rings. The van der Waals surface area contributed by atoms with Crippen molar-refractivity contribution < 1.29 is 0 Å². The summed E-state index contributed by atoms with van der Waals surface area (Å²) in [5, 5.41) is 14.8. The standard InChI is InChI=1S/C17H20N2S/c1-4-15(16-6-5-11-20-16)19-14-9-7-13(8-10-14)17(2,3)12-18/h5-11,15,19H,4H2,1-3H3. The SMILES string of the molecule is CCC(Nc1ccc(C(C)(C)C#N)cc1)c1cccs1. The van der Waals surface area contributed by atoms with E-state index in [1.807, 2.05) is 26.0 Å². The summed E-state index contributed by atoms with van der Waals surface area (Å²) in [5.74, 6) is 0. The fourth-order valence-corrected chi connectivity index (χ4v) is 2.97. The van der Waals surface area contributed by atoms with Crippen molar-refractivity contribution in [3.63, 3.8) is 0 Å². The largest absolute Gasteiger partial charge is 0.377 e. The molecule has 2 aromatic rings. The van der Waals surface area contributed by atoms with Gasteiger partial charge in [-0.3, -0.25) is 0 Å². The molecule has 20 heavy (non-hydrogen) atoms. The van der Waals surface area contributed by atoms with E-state index in [1.165, 1.54) is 4.88 Å². The minimum Gasteiger partial charge on any atom is -0.377 e. The van der Waals surface area contributed by atoms with Gasteiger partial charge in [-0.15, -0.1) is 11.3 Å². The highest BCUT2D eigenvalue weighted by atomic mass is 32.1. The number of nitrogens with one attached hydrogen (secondary N) is 1. The normalized spacial score (nSPS) is 12.7. The molecular formula is C17H20N2S. The third-order valence-electron chi connectivity index (χ3n) is 3.52. The molecule has 0 amide bonds. The monoisotopic (exact) mass is 284 g/mol. The number of thiophene rings is 1. The lowest BCUT2D eigenvalue weighted by atomic mass is 9.86. The Kier molecular flexibility index (Phi) is 4.46. The van der Waals surface area contributed by atoms with Gasteiger partial charge in [0.1, 0.15) is 0 Å². The summed E-state index contributed by atoms with van der Waals surface area (Å²) in [6, 6.07) is 15.1. The van der Waals surface area contributed by atoms with Crippen LogP contribution in [0.4, 0.5) is 5.69 Å².